The number of aliphatic hydroxyl groups is 1. The monoisotopic (exact) mass is 368 g/mol. The number of rotatable bonds is 11. The van der Waals surface area contributed by atoms with Gasteiger partial charge in [-0.05, 0) is 32.1 Å². The van der Waals surface area contributed by atoms with Gasteiger partial charge in [-0.15, -0.1) is 0 Å². The Bertz CT molecular complexity index is 530. The summed E-state index contributed by atoms with van der Waals surface area (Å²) in [4.78, 5) is 35.2. The Morgan fingerprint density at radius 3 is 2.62 bits per heavy atom. The first-order chi connectivity index (χ1) is 12.4. The summed E-state index contributed by atoms with van der Waals surface area (Å²) in [5, 5.41) is 21.2. The fourth-order valence-corrected chi connectivity index (χ4v) is 2.83. The van der Waals surface area contributed by atoms with E-state index in [0.717, 1.165) is 0 Å². The number of amides is 1. The molecule has 0 aliphatic carbocycles. The first kappa shape index (κ1) is 22.1. The van der Waals surface area contributed by atoms with Gasteiger partial charge >= 0.3 is 11.9 Å². The summed E-state index contributed by atoms with van der Waals surface area (Å²) in [6.07, 6.45) is 1.50. The van der Waals surface area contributed by atoms with Crippen LogP contribution in [-0.2, 0) is 23.9 Å². The highest BCUT2D eigenvalue weighted by Crippen LogP contribution is 2.19. The third kappa shape index (κ3) is 7.50. The van der Waals surface area contributed by atoms with Crippen molar-refractivity contribution >= 4 is 17.8 Å². The Kier molecular flexibility index (Phi) is 9.84. The van der Waals surface area contributed by atoms with Crippen LogP contribution in [0.5, 0.6) is 0 Å². The number of nitriles is 1. The van der Waals surface area contributed by atoms with Crippen molar-refractivity contribution in [3.63, 3.8) is 0 Å². The van der Waals surface area contributed by atoms with E-state index < -0.39 is 30.0 Å². The summed E-state index contributed by atoms with van der Waals surface area (Å²) in [5.74, 6) is -2.28. The van der Waals surface area contributed by atoms with E-state index in [1.165, 1.54) is 0 Å². The number of hydrogen-bond acceptors (Lipinski definition) is 7. The number of nitrogens with one attached hydrogen (secondary N) is 1. The minimum atomic E-state index is -0.777. The largest absolute Gasteiger partial charge is 0.393 e. The molecule has 0 aromatic carbocycles. The molecule has 1 rings (SSSR count). The Hall–Kier alpha value is -1.98. The van der Waals surface area contributed by atoms with Crippen molar-refractivity contribution in [1.29, 1.82) is 5.26 Å². The molecule has 1 fully saturated rings. The zero-order valence-electron chi connectivity index (χ0n) is 15.4. The molecule has 0 aromatic heterocycles. The lowest BCUT2D eigenvalue weighted by Gasteiger charge is -2.22. The zero-order chi connectivity index (χ0) is 19.5. The lowest BCUT2D eigenvalue weighted by atomic mass is 9.95. The summed E-state index contributed by atoms with van der Waals surface area (Å²) in [5.41, 5.74) is 0. The third-order valence-corrected chi connectivity index (χ3v) is 4.42. The Morgan fingerprint density at radius 1 is 1.35 bits per heavy atom. The number of hydrogen-bond donors (Lipinski definition) is 2. The molecule has 1 saturated heterocycles. The molecule has 0 bridgehead atoms. The van der Waals surface area contributed by atoms with Gasteiger partial charge in [0.05, 0.1) is 37.2 Å². The molecule has 0 aromatic rings. The van der Waals surface area contributed by atoms with Crippen molar-refractivity contribution in [1.82, 2.24) is 5.32 Å². The summed E-state index contributed by atoms with van der Waals surface area (Å²) < 4.78 is 10.4. The quantitative estimate of drug-likeness (QED) is 0.319. The van der Waals surface area contributed by atoms with Crippen LogP contribution in [0, 0.1) is 17.2 Å². The molecule has 0 saturated carbocycles. The van der Waals surface area contributed by atoms with Crippen molar-refractivity contribution < 1.29 is 29.0 Å². The topological polar surface area (TPSA) is 126 Å². The fraction of sp³-hybridized carbons (Fsp3) is 0.778. The molecular formula is C18H28N2O6. The van der Waals surface area contributed by atoms with Crippen LogP contribution in [0.4, 0.5) is 0 Å². The number of aliphatic hydroxyl groups excluding tert-OH is 1. The highest BCUT2D eigenvalue weighted by Gasteiger charge is 2.32. The molecule has 8 heteroatoms. The van der Waals surface area contributed by atoms with E-state index in [1.54, 1.807) is 6.92 Å². The van der Waals surface area contributed by atoms with Crippen LogP contribution in [-0.4, -0.2) is 47.8 Å². The van der Waals surface area contributed by atoms with Gasteiger partial charge in [0.25, 0.3) is 0 Å². The van der Waals surface area contributed by atoms with Gasteiger partial charge in [-0.1, -0.05) is 13.8 Å². The van der Waals surface area contributed by atoms with Crippen LogP contribution in [0.2, 0.25) is 0 Å². The smallest absolute Gasteiger partial charge is 0.336 e. The highest BCUT2D eigenvalue weighted by atomic mass is 16.6. The SMILES string of the molecule is CCC(CC(O)CC(CC)C(=O)OC(=O)C1CCC(=O)N1)OCCC#N. The van der Waals surface area contributed by atoms with Crippen molar-refractivity contribution in [3.8, 4) is 6.07 Å². The van der Waals surface area contributed by atoms with Gasteiger partial charge in [-0.2, -0.15) is 5.26 Å². The summed E-state index contributed by atoms with van der Waals surface area (Å²) in [6.45, 7) is 4.01. The van der Waals surface area contributed by atoms with Crippen LogP contribution < -0.4 is 5.32 Å². The van der Waals surface area contributed by atoms with Gasteiger partial charge < -0.3 is 19.9 Å². The average molecular weight is 368 g/mol. The van der Waals surface area contributed by atoms with E-state index >= 15 is 0 Å². The third-order valence-electron chi connectivity index (χ3n) is 4.42. The molecule has 1 aliphatic rings. The molecule has 1 aliphatic heterocycles. The number of nitrogens with zero attached hydrogens (tertiary/aromatic N) is 1. The molecule has 1 heterocycles. The van der Waals surface area contributed by atoms with Gasteiger partial charge in [-0.25, -0.2) is 4.79 Å². The summed E-state index contributed by atoms with van der Waals surface area (Å²) >= 11 is 0. The van der Waals surface area contributed by atoms with Crippen LogP contribution in [0.15, 0.2) is 0 Å². The lowest BCUT2D eigenvalue weighted by molar-refractivity contribution is -0.165. The molecule has 2 N–H and O–H groups in total. The minimum Gasteiger partial charge on any atom is -0.393 e. The Labute approximate surface area is 153 Å². The maximum absolute atomic E-state index is 12.2. The minimum absolute atomic E-state index is 0.164. The van der Waals surface area contributed by atoms with E-state index in [2.05, 4.69) is 5.32 Å². The molecule has 1 amide bonds. The maximum atomic E-state index is 12.2. The van der Waals surface area contributed by atoms with E-state index in [9.17, 15) is 19.5 Å². The fourth-order valence-electron chi connectivity index (χ4n) is 2.83. The molecule has 0 radical (unpaired) electrons. The standard InChI is InChI=1S/C18H28N2O6/c1-3-12(10-13(21)11-14(4-2)25-9-5-8-19)17(23)26-18(24)15-6-7-16(22)20-15/h12-15,21H,3-7,9-11H2,1-2H3,(H,20,22). The van der Waals surface area contributed by atoms with Gasteiger partial charge in [-0.3, -0.25) is 9.59 Å². The van der Waals surface area contributed by atoms with Gasteiger partial charge in [0.15, 0.2) is 0 Å². The van der Waals surface area contributed by atoms with Crippen LogP contribution in [0.25, 0.3) is 0 Å². The molecule has 26 heavy (non-hydrogen) atoms. The predicted octanol–water partition coefficient (Wildman–Crippen LogP) is 1.21. The van der Waals surface area contributed by atoms with Crippen LogP contribution >= 0.6 is 0 Å². The summed E-state index contributed by atoms with van der Waals surface area (Å²) in [7, 11) is 0. The summed E-state index contributed by atoms with van der Waals surface area (Å²) in [6, 6.07) is 1.22. The van der Waals surface area contributed by atoms with Crippen molar-refractivity contribution in [2.24, 2.45) is 5.92 Å². The molecule has 146 valence electrons. The molecule has 8 nitrogen and oxygen atoms in total. The second kappa shape index (κ2) is 11.6. The van der Waals surface area contributed by atoms with Crippen LogP contribution in [0.3, 0.4) is 0 Å². The Morgan fingerprint density at radius 2 is 2.08 bits per heavy atom. The maximum Gasteiger partial charge on any atom is 0.336 e. The van der Waals surface area contributed by atoms with Gasteiger partial charge in [0.1, 0.15) is 6.04 Å². The van der Waals surface area contributed by atoms with E-state index in [1.807, 2.05) is 13.0 Å². The zero-order valence-corrected chi connectivity index (χ0v) is 15.4. The van der Waals surface area contributed by atoms with E-state index in [-0.39, 0.29) is 31.3 Å². The highest BCUT2D eigenvalue weighted by molar-refractivity contribution is 5.93. The molecule has 4 atom stereocenters. The predicted molar refractivity (Wildman–Crippen MR) is 91.5 cm³/mol. The average Bonchev–Trinajstić information content (AvgIpc) is 3.05. The van der Waals surface area contributed by atoms with Crippen molar-refractivity contribution in [2.75, 3.05) is 6.61 Å². The van der Waals surface area contributed by atoms with E-state index in [4.69, 9.17) is 14.7 Å². The van der Waals surface area contributed by atoms with Crippen LogP contribution in [0.1, 0.15) is 58.8 Å². The number of carbonyl (C=O) groups excluding carboxylic acids is 3. The molecule has 4 unspecified atom stereocenters. The first-order valence-electron chi connectivity index (χ1n) is 9.12. The molecular weight excluding hydrogens is 340 g/mol. The number of ether oxygens (including phenoxy) is 2. The van der Waals surface area contributed by atoms with Crippen molar-refractivity contribution in [3.05, 3.63) is 0 Å². The van der Waals surface area contributed by atoms with Gasteiger partial charge in [0.2, 0.25) is 5.91 Å². The Balaban J connectivity index is 2.45. The second-order valence-electron chi connectivity index (χ2n) is 6.44. The number of carbonyl (C=O) groups is 3. The number of esters is 2. The first-order valence-corrected chi connectivity index (χ1v) is 9.12. The van der Waals surface area contributed by atoms with Gasteiger partial charge in [0, 0.05) is 6.42 Å². The van der Waals surface area contributed by atoms with E-state index in [0.29, 0.717) is 32.3 Å². The second-order valence-corrected chi connectivity index (χ2v) is 6.44. The van der Waals surface area contributed by atoms with Crippen molar-refractivity contribution in [2.45, 2.75) is 77.0 Å². The molecule has 0 spiro atoms. The lowest BCUT2D eigenvalue weighted by Crippen LogP contribution is -2.37. The normalized spacial score (nSPS) is 19.9.